The molecule has 17 heteroatoms. The van der Waals surface area contributed by atoms with Crippen molar-refractivity contribution < 1.29 is 78.1 Å². The second-order valence-corrected chi connectivity index (χ2v) is 19.2. The monoisotopic (exact) mass is 935 g/mol. The summed E-state index contributed by atoms with van der Waals surface area (Å²) in [5, 5.41) is 78.4. The zero-order valence-electron chi connectivity index (χ0n) is 38.5. The van der Waals surface area contributed by atoms with E-state index in [0.717, 1.165) is 57.4 Å². The summed E-state index contributed by atoms with van der Waals surface area (Å²) in [6.07, 6.45) is 7.42. The number of phosphoric acid groups is 1. The van der Waals surface area contributed by atoms with E-state index in [0.29, 0.717) is 44.9 Å². The smallest absolute Gasteiger partial charge is 0.462 e. The van der Waals surface area contributed by atoms with E-state index >= 15 is 0 Å². The average Bonchev–Trinajstić information content (AvgIpc) is 3.26. The Kier molecular flexibility index (Phi) is 30.3. The molecule has 12 atom stereocenters. The van der Waals surface area contributed by atoms with Crippen LogP contribution in [0.4, 0.5) is 0 Å². The Hall–Kier alpha value is -2.08. The first-order valence-corrected chi connectivity index (χ1v) is 25.7. The molecule has 0 aromatic carbocycles. The van der Waals surface area contributed by atoms with Gasteiger partial charge in [-0.3, -0.25) is 23.4 Å². The molecule has 0 amide bonds. The lowest BCUT2D eigenvalue weighted by molar-refractivity contribution is -0.167. The van der Waals surface area contributed by atoms with Crippen LogP contribution in [-0.4, -0.2) is 127 Å². The molecule has 0 aromatic rings. The fourth-order valence-corrected chi connectivity index (χ4v) is 9.12. The Labute approximate surface area is 381 Å². The number of ether oxygens (including phenoxy) is 2. The normalized spacial score (nSPS) is 31.4. The highest BCUT2D eigenvalue weighted by molar-refractivity contribution is 7.47. The third-order valence-corrected chi connectivity index (χ3v) is 13.2. The molecule has 2 fully saturated rings. The third kappa shape index (κ3) is 23.6. The lowest BCUT2D eigenvalue weighted by Crippen LogP contribution is -2.55. The van der Waals surface area contributed by atoms with Gasteiger partial charge in [-0.1, -0.05) is 128 Å². The molecule has 1 aliphatic carbocycles. The number of phosphoric ester groups is 1. The summed E-state index contributed by atoms with van der Waals surface area (Å²) in [4.78, 5) is 50.1. The average molecular weight is 935 g/mol. The number of ketones is 1. The van der Waals surface area contributed by atoms with Crippen molar-refractivity contribution in [1.82, 2.24) is 0 Å². The van der Waals surface area contributed by atoms with Crippen LogP contribution in [0.1, 0.15) is 174 Å². The number of hydrogen-bond acceptors (Lipinski definition) is 15. The maximum atomic E-state index is 13.7. The highest BCUT2D eigenvalue weighted by Crippen LogP contribution is 2.47. The molecule has 0 aromatic heterocycles. The molecule has 1 saturated carbocycles. The second kappa shape index (κ2) is 33.4. The molecule has 2 bridgehead atoms. The summed E-state index contributed by atoms with van der Waals surface area (Å²) >= 11 is 0. The van der Waals surface area contributed by atoms with Gasteiger partial charge in [0.15, 0.2) is 6.10 Å². The molecular formula is C47H83O16P. The van der Waals surface area contributed by atoms with E-state index < -0.39 is 112 Å². The molecule has 0 spiro atoms. The van der Waals surface area contributed by atoms with Crippen LogP contribution in [0.2, 0.25) is 0 Å². The van der Waals surface area contributed by atoms with Crippen LogP contribution in [0, 0.1) is 11.8 Å². The van der Waals surface area contributed by atoms with Crippen LogP contribution in [0.3, 0.4) is 0 Å². The summed E-state index contributed by atoms with van der Waals surface area (Å²) in [5.41, 5.74) is 0. The molecule has 1 heterocycles. The quantitative estimate of drug-likeness (QED) is 0.0245. The maximum Gasteiger partial charge on any atom is 0.472 e. The predicted molar refractivity (Wildman–Crippen MR) is 241 cm³/mol. The van der Waals surface area contributed by atoms with Crippen LogP contribution >= 0.6 is 7.82 Å². The lowest BCUT2D eigenvalue weighted by Gasteiger charge is -2.37. The Balaban J connectivity index is 2.14. The van der Waals surface area contributed by atoms with Crippen LogP contribution < -0.4 is 0 Å². The molecule has 1 saturated heterocycles. The number of Topliss-reactive ketones (excluding diaryl/α,β-unsaturated/α-hetero) is 1. The molecule has 16 nitrogen and oxygen atoms in total. The Morgan fingerprint density at radius 3 is 2.03 bits per heavy atom. The van der Waals surface area contributed by atoms with Crippen LogP contribution in [0.25, 0.3) is 0 Å². The Bertz CT molecular complexity index is 1390. The minimum atomic E-state index is -5.45. The molecule has 2 rings (SSSR count). The first-order chi connectivity index (χ1) is 30.6. The van der Waals surface area contributed by atoms with Crippen molar-refractivity contribution in [1.29, 1.82) is 0 Å². The topological polar surface area (TPSA) is 267 Å². The summed E-state index contributed by atoms with van der Waals surface area (Å²) < 4.78 is 34.6. The molecule has 8 N–H and O–H groups in total. The number of rotatable bonds is 23. The summed E-state index contributed by atoms with van der Waals surface area (Å²) in [7, 11) is -5.45. The van der Waals surface area contributed by atoms with Gasteiger partial charge in [0.1, 0.15) is 36.8 Å². The SMILES string of the molecule is CCCCCCCC/C=C\CCCCCCCC(=O)OC[C@@H]1COP(=O)(O)O[C@H]2[C@H](O)[C@@H](O)[C@H](O)[C@@H](CCCCCCC(=O)O1)[C@@H](O)CC(=O)[C@H](/C=C/[C@@H](O)CCCCC)[C@@H](O)[C@H]2O. The number of unbranched alkanes of at least 4 members (excludes halogenated alkanes) is 13. The highest BCUT2D eigenvalue weighted by Gasteiger charge is 2.49. The van der Waals surface area contributed by atoms with Gasteiger partial charge >= 0.3 is 19.8 Å². The highest BCUT2D eigenvalue weighted by atomic mass is 31.2. The minimum absolute atomic E-state index is 0.0309. The van der Waals surface area contributed by atoms with Gasteiger partial charge in [0.05, 0.1) is 36.9 Å². The number of esters is 2. The van der Waals surface area contributed by atoms with Crippen LogP contribution in [0.15, 0.2) is 24.3 Å². The van der Waals surface area contributed by atoms with Crippen LogP contribution in [0.5, 0.6) is 0 Å². The van der Waals surface area contributed by atoms with Gasteiger partial charge in [-0.05, 0) is 51.4 Å². The largest absolute Gasteiger partial charge is 0.472 e. The molecule has 1 aliphatic heterocycles. The van der Waals surface area contributed by atoms with E-state index in [1.54, 1.807) is 0 Å². The standard InChI is InChI=1S/C47H83O16P/c1-3-5-7-8-9-10-11-12-13-14-15-16-17-18-23-27-40(51)60-32-35-33-61-64(58,59)63-47-45(56)43(54)37(30-29-34(48)25-21-6-4-2)39(50)31-38(49)36(42(53)44(55)46(47)57)26-22-19-20-24-28-41(52)62-35/h12-13,29-30,34-38,42-49,53-57H,3-11,14-28,31-33H2,1-2H3,(H,58,59)/b13-12-,30-29+/t34-,35+,36-,37-,38-,42+,43+,44-,45+,46+,47+/m0/s1. The molecule has 64 heavy (non-hydrogen) atoms. The Morgan fingerprint density at radius 2 is 1.36 bits per heavy atom. The van der Waals surface area contributed by atoms with Gasteiger partial charge in [0.2, 0.25) is 0 Å². The van der Waals surface area contributed by atoms with Crippen molar-refractivity contribution in [2.75, 3.05) is 13.2 Å². The fraction of sp³-hybridized carbons (Fsp3) is 0.851. The van der Waals surface area contributed by atoms with Crippen molar-refractivity contribution in [3.05, 3.63) is 24.3 Å². The van der Waals surface area contributed by atoms with Gasteiger partial charge in [-0.2, -0.15) is 0 Å². The fourth-order valence-electron chi connectivity index (χ4n) is 8.15. The number of cyclic esters (lactones) is 1. The van der Waals surface area contributed by atoms with Gasteiger partial charge in [0.25, 0.3) is 0 Å². The molecule has 1 unspecified atom stereocenters. The molecular weight excluding hydrogens is 851 g/mol. The zero-order chi connectivity index (χ0) is 47.3. The van der Waals surface area contributed by atoms with E-state index in [4.69, 9.17) is 18.5 Å². The van der Waals surface area contributed by atoms with Gasteiger partial charge < -0.3 is 50.1 Å². The van der Waals surface area contributed by atoms with Gasteiger partial charge in [-0.15, -0.1) is 0 Å². The van der Waals surface area contributed by atoms with Gasteiger partial charge in [-0.25, -0.2) is 4.57 Å². The Morgan fingerprint density at radius 1 is 0.766 bits per heavy atom. The number of fused-ring (bicyclic) bond motifs is 4. The van der Waals surface area contributed by atoms with E-state index in [2.05, 4.69) is 19.1 Å². The zero-order valence-corrected chi connectivity index (χ0v) is 39.4. The second-order valence-electron chi connectivity index (χ2n) is 17.7. The molecule has 372 valence electrons. The van der Waals surface area contributed by atoms with Crippen LogP contribution in [-0.2, 0) is 37.5 Å². The summed E-state index contributed by atoms with van der Waals surface area (Å²) in [5.74, 6) is -4.97. The van der Waals surface area contributed by atoms with Crippen molar-refractivity contribution in [2.45, 2.75) is 229 Å². The molecule has 0 radical (unpaired) electrons. The number of carbonyl (C=O) groups is 3. The maximum absolute atomic E-state index is 13.7. The van der Waals surface area contributed by atoms with Gasteiger partial charge in [0, 0.05) is 25.2 Å². The number of carbonyl (C=O) groups excluding carboxylic acids is 3. The number of hydrogen-bond donors (Lipinski definition) is 8. The summed E-state index contributed by atoms with van der Waals surface area (Å²) in [6, 6.07) is 0. The summed E-state index contributed by atoms with van der Waals surface area (Å²) in [6.45, 7) is 2.81. The van der Waals surface area contributed by atoms with E-state index in [1.807, 2.05) is 6.92 Å². The first-order valence-electron chi connectivity index (χ1n) is 24.2. The third-order valence-electron chi connectivity index (χ3n) is 12.2. The minimum Gasteiger partial charge on any atom is -0.462 e. The van der Waals surface area contributed by atoms with E-state index in [9.17, 15) is 59.6 Å². The van der Waals surface area contributed by atoms with Crippen molar-refractivity contribution in [3.8, 4) is 0 Å². The van der Waals surface area contributed by atoms with E-state index in [-0.39, 0.29) is 19.3 Å². The van der Waals surface area contributed by atoms with Crippen molar-refractivity contribution >= 4 is 25.5 Å². The van der Waals surface area contributed by atoms with Crippen molar-refractivity contribution in [2.24, 2.45) is 11.8 Å². The van der Waals surface area contributed by atoms with Crippen molar-refractivity contribution in [3.63, 3.8) is 0 Å². The predicted octanol–water partition coefficient (Wildman–Crippen LogP) is 6.20. The first kappa shape index (κ1) is 58.0. The number of allylic oxidation sites excluding steroid dienone is 2. The molecule has 2 aliphatic rings. The number of aliphatic hydroxyl groups is 7. The van der Waals surface area contributed by atoms with E-state index in [1.165, 1.54) is 44.6 Å². The lowest BCUT2D eigenvalue weighted by atomic mass is 9.82. The number of aliphatic hydroxyl groups excluding tert-OH is 7.